The average Bonchev–Trinajstić information content (AvgIpc) is 2.85. The van der Waals surface area contributed by atoms with Crippen LogP contribution in [0.2, 0.25) is 0 Å². The van der Waals surface area contributed by atoms with Crippen LogP contribution < -0.4 is 9.64 Å². The van der Waals surface area contributed by atoms with Gasteiger partial charge in [-0.3, -0.25) is 9.69 Å². The van der Waals surface area contributed by atoms with E-state index in [4.69, 9.17) is 17.0 Å². The van der Waals surface area contributed by atoms with Crippen LogP contribution >= 0.6 is 46.6 Å². The van der Waals surface area contributed by atoms with E-state index in [1.54, 1.807) is 37.5 Å². The molecule has 0 unspecified atom stereocenters. The van der Waals surface area contributed by atoms with Crippen LogP contribution in [0.1, 0.15) is 5.56 Å². The van der Waals surface area contributed by atoms with Gasteiger partial charge >= 0.3 is 0 Å². The molecule has 122 valence electrons. The highest BCUT2D eigenvalue weighted by atomic mass is 127. The molecule has 1 aliphatic heterocycles. The van der Waals surface area contributed by atoms with E-state index in [0.717, 1.165) is 9.13 Å². The molecule has 0 radical (unpaired) electrons. The molecule has 1 amide bonds. The lowest BCUT2D eigenvalue weighted by Crippen LogP contribution is -2.27. The first-order valence-corrected chi connectivity index (χ1v) is 9.21. The molecule has 0 spiro atoms. The van der Waals surface area contributed by atoms with Crippen molar-refractivity contribution in [2.45, 2.75) is 0 Å². The van der Waals surface area contributed by atoms with E-state index >= 15 is 0 Å². The van der Waals surface area contributed by atoms with Gasteiger partial charge in [0, 0.05) is 0 Å². The van der Waals surface area contributed by atoms with Crippen molar-refractivity contribution in [3.05, 3.63) is 56.5 Å². The molecule has 4 nitrogen and oxygen atoms in total. The van der Waals surface area contributed by atoms with Gasteiger partial charge in [0.15, 0.2) is 4.32 Å². The minimum absolute atomic E-state index is 0.183. The molecule has 7 heteroatoms. The van der Waals surface area contributed by atoms with Gasteiger partial charge in [0.1, 0.15) is 11.5 Å². The number of carbonyl (C=O) groups excluding carboxylic acids is 1. The summed E-state index contributed by atoms with van der Waals surface area (Å²) in [4.78, 5) is 14.8. The van der Waals surface area contributed by atoms with Crippen LogP contribution in [-0.2, 0) is 4.79 Å². The Kier molecular flexibility index (Phi) is 5.12. The SMILES string of the molecule is COc1ccccc1N1C(=O)/C(=C/c2ccc(O)c(I)c2)SC1=S. The molecule has 24 heavy (non-hydrogen) atoms. The molecule has 3 rings (SSSR count). The summed E-state index contributed by atoms with van der Waals surface area (Å²) in [6, 6.07) is 12.4. The standard InChI is InChI=1S/C17H12INO3S2/c1-22-14-5-3-2-4-12(14)19-16(21)15(24-17(19)23)9-10-6-7-13(20)11(18)8-10/h2-9,20H,1H3/b15-9-. The van der Waals surface area contributed by atoms with E-state index in [2.05, 4.69) is 0 Å². The van der Waals surface area contributed by atoms with Crippen molar-refractivity contribution in [1.82, 2.24) is 0 Å². The number of halogens is 1. The zero-order chi connectivity index (χ0) is 17.3. The molecular weight excluding hydrogens is 457 g/mol. The van der Waals surface area contributed by atoms with Crippen molar-refractivity contribution in [2.75, 3.05) is 12.0 Å². The second-order valence-corrected chi connectivity index (χ2v) is 7.74. The topological polar surface area (TPSA) is 49.8 Å². The van der Waals surface area contributed by atoms with Crippen molar-refractivity contribution < 1.29 is 14.6 Å². The second kappa shape index (κ2) is 7.12. The number of phenolic OH excluding ortho intramolecular Hbond substituents is 1. The summed E-state index contributed by atoms with van der Waals surface area (Å²) in [6.45, 7) is 0. The van der Waals surface area contributed by atoms with Gasteiger partial charge in [0.05, 0.1) is 21.3 Å². The van der Waals surface area contributed by atoms with Crippen molar-refractivity contribution in [2.24, 2.45) is 0 Å². The van der Waals surface area contributed by atoms with Crippen LogP contribution in [-0.4, -0.2) is 22.4 Å². The zero-order valence-corrected chi connectivity index (χ0v) is 16.3. The van der Waals surface area contributed by atoms with Gasteiger partial charge in [-0.15, -0.1) is 0 Å². The first-order chi connectivity index (χ1) is 11.5. The summed E-state index contributed by atoms with van der Waals surface area (Å²) in [6.07, 6.45) is 1.77. The van der Waals surface area contributed by atoms with Crippen LogP contribution in [0.5, 0.6) is 11.5 Å². The summed E-state index contributed by atoms with van der Waals surface area (Å²) < 4.78 is 6.51. The minimum atomic E-state index is -0.183. The molecular formula is C17H12INO3S2. The van der Waals surface area contributed by atoms with Crippen molar-refractivity contribution in [3.63, 3.8) is 0 Å². The van der Waals surface area contributed by atoms with Crippen molar-refractivity contribution in [3.8, 4) is 11.5 Å². The average molecular weight is 469 g/mol. The van der Waals surface area contributed by atoms with Gasteiger partial charge in [-0.05, 0) is 58.5 Å². The first-order valence-electron chi connectivity index (χ1n) is 6.91. The predicted molar refractivity (Wildman–Crippen MR) is 109 cm³/mol. The molecule has 1 aliphatic rings. The number of ether oxygens (including phenoxy) is 1. The second-order valence-electron chi connectivity index (χ2n) is 4.90. The lowest BCUT2D eigenvalue weighted by atomic mass is 10.2. The van der Waals surface area contributed by atoms with Crippen LogP contribution in [0.3, 0.4) is 0 Å². The third kappa shape index (κ3) is 3.28. The van der Waals surface area contributed by atoms with Crippen LogP contribution in [0.15, 0.2) is 47.4 Å². The fraction of sp³-hybridized carbons (Fsp3) is 0.0588. The maximum Gasteiger partial charge on any atom is 0.270 e. The maximum absolute atomic E-state index is 12.8. The fourth-order valence-corrected chi connectivity index (χ4v) is 4.08. The number of methoxy groups -OCH3 is 1. The van der Waals surface area contributed by atoms with Crippen LogP contribution in [0.25, 0.3) is 6.08 Å². The Hall–Kier alpha value is -1.58. The number of para-hydroxylation sites is 2. The number of anilines is 1. The maximum atomic E-state index is 12.8. The first kappa shape index (κ1) is 17.2. The summed E-state index contributed by atoms with van der Waals surface area (Å²) in [5, 5.41) is 9.60. The highest BCUT2D eigenvalue weighted by Crippen LogP contribution is 2.39. The molecule has 1 heterocycles. The Morgan fingerprint density at radius 1 is 1.29 bits per heavy atom. The van der Waals surface area contributed by atoms with Gasteiger partial charge in [-0.25, -0.2) is 0 Å². The molecule has 1 N–H and O–H groups in total. The molecule has 0 saturated carbocycles. The van der Waals surface area contributed by atoms with E-state index in [-0.39, 0.29) is 11.7 Å². The number of nitrogens with zero attached hydrogens (tertiary/aromatic N) is 1. The monoisotopic (exact) mass is 469 g/mol. The minimum Gasteiger partial charge on any atom is -0.507 e. The fourth-order valence-electron chi connectivity index (χ4n) is 2.25. The molecule has 0 atom stereocenters. The van der Waals surface area contributed by atoms with Crippen LogP contribution in [0, 0.1) is 3.57 Å². The number of hydrogen-bond donors (Lipinski definition) is 1. The number of benzene rings is 2. The smallest absolute Gasteiger partial charge is 0.270 e. The largest absolute Gasteiger partial charge is 0.507 e. The van der Waals surface area contributed by atoms with E-state index in [1.807, 2.05) is 40.8 Å². The molecule has 1 fully saturated rings. The highest BCUT2D eigenvalue weighted by molar-refractivity contribution is 14.1. The number of carbonyl (C=O) groups is 1. The third-order valence-corrected chi connectivity index (χ3v) is 5.56. The Morgan fingerprint density at radius 3 is 2.75 bits per heavy atom. The van der Waals surface area contributed by atoms with Crippen LogP contribution in [0.4, 0.5) is 5.69 Å². The van der Waals surface area contributed by atoms with E-state index in [0.29, 0.717) is 20.7 Å². The molecule has 2 aromatic carbocycles. The number of rotatable bonds is 3. The Labute approximate surface area is 162 Å². The predicted octanol–water partition coefficient (Wildman–Crippen LogP) is 4.41. The number of amides is 1. The molecule has 0 aromatic heterocycles. The third-order valence-electron chi connectivity index (χ3n) is 3.39. The molecule has 1 saturated heterocycles. The Balaban J connectivity index is 1.97. The van der Waals surface area contributed by atoms with E-state index in [9.17, 15) is 9.90 Å². The summed E-state index contributed by atoms with van der Waals surface area (Å²) in [5.41, 5.74) is 1.46. The van der Waals surface area contributed by atoms with E-state index < -0.39 is 0 Å². The van der Waals surface area contributed by atoms with E-state index in [1.165, 1.54) is 16.7 Å². The summed E-state index contributed by atoms with van der Waals surface area (Å²) in [7, 11) is 1.56. The zero-order valence-electron chi connectivity index (χ0n) is 12.5. The van der Waals surface area contributed by atoms with Crippen molar-refractivity contribution >= 4 is 68.6 Å². The van der Waals surface area contributed by atoms with Gasteiger partial charge in [-0.2, -0.15) is 0 Å². The Bertz CT molecular complexity index is 867. The number of aromatic hydroxyl groups is 1. The van der Waals surface area contributed by atoms with Gasteiger partial charge in [-0.1, -0.05) is 42.2 Å². The van der Waals surface area contributed by atoms with Gasteiger partial charge < -0.3 is 9.84 Å². The summed E-state index contributed by atoms with van der Waals surface area (Å²) >= 11 is 8.67. The quantitative estimate of drug-likeness (QED) is 0.410. The van der Waals surface area contributed by atoms with Gasteiger partial charge in [0.25, 0.3) is 5.91 Å². The number of hydrogen-bond acceptors (Lipinski definition) is 5. The summed E-state index contributed by atoms with van der Waals surface area (Å²) in [5.74, 6) is 0.626. The molecule has 2 aromatic rings. The number of phenols is 1. The number of thiocarbonyl (C=S) groups is 1. The molecule has 0 bridgehead atoms. The normalized spacial score (nSPS) is 16.1. The highest BCUT2D eigenvalue weighted by Gasteiger charge is 2.34. The van der Waals surface area contributed by atoms with Crippen molar-refractivity contribution in [1.29, 1.82) is 0 Å². The van der Waals surface area contributed by atoms with Gasteiger partial charge in [0.2, 0.25) is 0 Å². The number of thioether (sulfide) groups is 1. The lowest BCUT2D eigenvalue weighted by Gasteiger charge is -2.17. The molecule has 0 aliphatic carbocycles. The lowest BCUT2D eigenvalue weighted by molar-refractivity contribution is -0.113. The Morgan fingerprint density at radius 2 is 2.04 bits per heavy atom.